The van der Waals surface area contributed by atoms with E-state index in [-0.39, 0.29) is 42.7 Å². The zero-order valence-electron chi connectivity index (χ0n) is 41.9. The highest BCUT2D eigenvalue weighted by Gasteiger charge is 2.25. The molecule has 8 heteroatoms. The number of aliphatic carboxylic acids is 1. The topological polar surface area (TPSA) is 102 Å². The molecule has 0 bridgehead atoms. The lowest BCUT2D eigenvalue weighted by molar-refractivity contribution is -0.889. The number of nitrogens with zero attached hydrogens (tertiary/aromatic N) is 1. The molecule has 0 aliphatic rings. The van der Waals surface area contributed by atoms with Gasteiger partial charge in [-0.25, -0.2) is 0 Å². The van der Waals surface area contributed by atoms with Crippen LogP contribution in [-0.4, -0.2) is 75.5 Å². The Kier molecular flexibility index (Phi) is 44.0. The second-order valence-electron chi connectivity index (χ2n) is 18.4. The molecule has 0 spiro atoms. The highest BCUT2D eigenvalue weighted by Crippen LogP contribution is 2.14. The minimum atomic E-state index is -1.13. The van der Waals surface area contributed by atoms with Crippen LogP contribution in [0.4, 0.5) is 0 Å². The van der Waals surface area contributed by atoms with Gasteiger partial charge in [-0.3, -0.25) is 9.59 Å². The highest BCUT2D eigenvalue weighted by atomic mass is 16.6. The Hall–Kier alpha value is -3.23. The summed E-state index contributed by atoms with van der Waals surface area (Å²) in [5, 5.41) is 11.7. The second kappa shape index (κ2) is 46.3. The predicted octanol–water partition coefficient (Wildman–Crippen LogP) is 13.8. The number of unbranched alkanes of at least 4 members (excludes halogenated alkanes) is 20. The maximum Gasteiger partial charge on any atom is 0.306 e. The van der Waals surface area contributed by atoms with E-state index in [2.05, 4.69) is 86.8 Å². The smallest absolute Gasteiger partial charge is 0.306 e. The number of hydrogen-bond donors (Lipinski definition) is 0. The summed E-state index contributed by atoms with van der Waals surface area (Å²) >= 11 is 0. The first kappa shape index (κ1) is 60.8. The van der Waals surface area contributed by atoms with Gasteiger partial charge in [-0.1, -0.05) is 183 Å². The van der Waals surface area contributed by atoms with Gasteiger partial charge in [0.1, 0.15) is 12.6 Å². The quantitative estimate of drug-likeness (QED) is 0.0259. The van der Waals surface area contributed by atoms with Gasteiger partial charge in [0.2, 0.25) is 0 Å². The van der Waals surface area contributed by atoms with Gasteiger partial charge in [0.05, 0.1) is 40.3 Å². The molecule has 0 aliphatic carbocycles. The van der Waals surface area contributed by atoms with Gasteiger partial charge >= 0.3 is 11.9 Å². The van der Waals surface area contributed by atoms with Crippen LogP contribution >= 0.6 is 0 Å². The van der Waals surface area contributed by atoms with Gasteiger partial charge in [0.15, 0.2) is 6.10 Å². The first-order valence-electron chi connectivity index (χ1n) is 26.0. The molecule has 0 N–H and O–H groups in total. The van der Waals surface area contributed by atoms with E-state index in [1.165, 1.54) is 96.3 Å². The Balaban J connectivity index is 4.31. The minimum absolute atomic E-state index is 0.0280. The third-order valence-corrected chi connectivity index (χ3v) is 11.3. The zero-order chi connectivity index (χ0) is 47.0. The fraction of sp³-hybridized carbons (Fsp3) is 0.732. The van der Waals surface area contributed by atoms with Crippen LogP contribution < -0.4 is 5.11 Å². The second-order valence-corrected chi connectivity index (χ2v) is 18.4. The van der Waals surface area contributed by atoms with Crippen molar-refractivity contribution in [3.63, 3.8) is 0 Å². The van der Waals surface area contributed by atoms with Crippen molar-refractivity contribution in [2.24, 2.45) is 0 Å². The van der Waals surface area contributed by atoms with E-state index in [0.29, 0.717) is 12.8 Å². The van der Waals surface area contributed by atoms with Crippen LogP contribution in [-0.2, 0) is 28.6 Å². The van der Waals surface area contributed by atoms with Crippen LogP contribution in [0.2, 0.25) is 0 Å². The Morgan fingerprint density at radius 3 is 1.31 bits per heavy atom. The number of carboxylic acid groups (broad SMARTS) is 1. The van der Waals surface area contributed by atoms with Crippen molar-refractivity contribution in [1.82, 2.24) is 0 Å². The van der Waals surface area contributed by atoms with Crippen LogP contribution in [0.25, 0.3) is 0 Å². The van der Waals surface area contributed by atoms with Gasteiger partial charge in [-0.15, -0.1) is 0 Å². The molecule has 0 fully saturated rings. The van der Waals surface area contributed by atoms with Gasteiger partial charge in [0, 0.05) is 19.3 Å². The predicted molar refractivity (Wildman–Crippen MR) is 268 cm³/mol. The lowest BCUT2D eigenvalue weighted by atomic mass is 10.1. The summed E-state index contributed by atoms with van der Waals surface area (Å²) in [5.41, 5.74) is 0. The van der Waals surface area contributed by atoms with E-state index < -0.39 is 18.1 Å². The number of carbonyl (C=O) groups is 3. The number of rotatable bonds is 46. The summed E-state index contributed by atoms with van der Waals surface area (Å²) in [6.07, 6.45) is 59.3. The van der Waals surface area contributed by atoms with E-state index in [0.717, 1.165) is 83.5 Å². The number of hydrogen-bond acceptors (Lipinski definition) is 7. The average molecular weight is 896 g/mol. The average Bonchev–Trinajstić information content (AvgIpc) is 3.26. The highest BCUT2D eigenvalue weighted by molar-refractivity contribution is 5.70. The normalized spacial score (nSPS) is 13.5. The molecule has 0 saturated carbocycles. The number of quaternary nitrogens is 1. The Morgan fingerprint density at radius 1 is 0.484 bits per heavy atom. The van der Waals surface area contributed by atoms with E-state index >= 15 is 0 Å². The van der Waals surface area contributed by atoms with Crippen molar-refractivity contribution in [1.29, 1.82) is 0 Å². The summed E-state index contributed by atoms with van der Waals surface area (Å²) in [4.78, 5) is 37.0. The number of carboxylic acids is 1. The van der Waals surface area contributed by atoms with E-state index in [1.807, 2.05) is 0 Å². The van der Waals surface area contributed by atoms with Gasteiger partial charge in [-0.2, -0.15) is 0 Å². The summed E-state index contributed by atoms with van der Waals surface area (Å²) in [7, 11) is 5.40. The van der Waals surface area contributed by atoms with Crippen molar-refractivity contribution < 1.29 is 38.2 Å². The molecule has 2 atom stereocenters. The fourth-order valence-corrected chi connectivity index (χ4v) is 7.33. The van der Waals surface area contributed by atoms with Crippen molar-refractivity contribution in [2.45, 2.75) is 225 Å². The number of likely N-dealkylation sites (N-methyl/N-ethyl adjacent to an activating group) is 1. The molecule has 0 heterocycles. The standard InChI is InChI=1S/C56H97NO7/c1-6-8-10-12-14-16-18-20-22-24-26-28-30-32-34-36-38-40-42-44-46-54(58)63-51-52(50-62-49-48-53(56(60)61)57(3,4)5)64-55(59)47-45-43-41-39-37-35-33-31-29-27-25-23-21-19-17-15-13-11-9-7-2/h8,10,14,16,20,22,26-29,32,34,52-53H,6-7,9,11-13,15,17-19,21,23-25,30-31,33,35-51H2,1-5H3/b10-8+,16-14+,22-20+,28-26+,29-27+,34-32+. The molecule has 0 saturated heterocycles. The van der Waals surface area contributed by atoms with E-state index in [1.54, 1.807) is 21.1 Å². The minimum Gasteiger partial charge on any atom is -0.544 e. The number of allylic oxidation sites excluding steroid dienone is 12. The number of ether oxygens (including phenoxy) is 3. The van der Waals surface area contributed by atoms with Gasteiger partial charge in [0.25, 0.3) is 0 Å². The Bertz CT molecular complexity index is 1270. The number of esters is 2. The molecular weight excluding hydrogens is 799 g/mol. The lowest BCUT2D eigenvalue weighted by Gasteiger charge is -2.34. The largest absolute Gasteiger partial charge is 0.544 e. The first-order valence-corrected chi connectivity index (χ1v) is 26.0. The molecule has 2 unspecified atom stereocenters. The van der Waals surface area contributed by atoms with Gasteiger partial charge in [-0.05, 0) is 83.5 Å². The third-order valence-electron chi connectivity index (χ3n) is 11.3. The Morgan fingerprint density at radius 2 is 0.875 bits per heavy atom. The van der Waals surface area contributed by atoms with E-state index in [9.17, 15) is 19.5 Å². The van der Waals surface area contributed by atoms with Crippen LogP contribution in [0.3, 0.4) is 0 Å². The molecule has 0 aromatic heterocycles. The van der Waals surface area contributed by atoms with Crippen LogP contribution in [0.15, 0.2) is 72.9 Å². The SMILES string of the molecule is CC/C=C/C/C=C/C/C=C/C/C=C/C/C=C/CCCCCCC(=O)OCC(COCCC(C(=O)[O-])[N+](C)(C)C)OC(=O)CCCCCCCCC/C=C/CCCCCCCCCCC. The zero-order valence-corrected chi connectivity index (χ0v) is 41.9. The first-order chi connectivity index (χ1) is 31.1. The monoisotopic (exact) mass is 896 g/mol. The molecule has 0 aromatic carbocycles. The van der Waals surface area contributed by atoms with E-state index in [4.69, 9.17) is 14.2 Å². The van der Waals surface area contributed by atoms with Crippen molar-refractivity contribution in [2.75, 3.05) is 41.0 Å². The van der Waals surface area contributed by atoms with Crippen LogP contribution in [0.1, 0.15) is 213 Å². The lowest BCUT2D eigenvalue weighted by Crippen LogP contribution is -2.55. The molecule has 8 nitrogen and oxygen atoms in total. The molecule has 64 heavy (non-hydrogen) atoms. The summed E-state index contributed by atoms with van der Waals surface area (Å²) in [5.74, 6) is -1.77. The maximum atomic E-state index is 12.8. The van der Waals surface area contributed by atoms with Crippen LogP contribution in [0.5, 0.6) is 0 Å². The molecule has 0 aromatic rings. The van der Waals surface area contributed by atoms with Crippen molar-refractivity contribution in [3.05, 3.63) is 72.9 Å². The maximum absolute atomic E-state index is 12.8. The summed E-state index contributed by atoms with van der Waals surface area (Å²) in [6.45, 7) is 4.53. The summed E-state index contributed by atoms with van der Waals surface area (Å²) < 4.78 is 17.2. The molecule has 368 valence electrons. The fourth-order valence-electron chi connectivity index (χ4n) is 7.33. The molecule has 0 amide bonds. The van der Waals surface area contributed by atoms with Gasteiger partial charge < -0.3 is 28.6 Å². The summed E-state index contributed by atoms with van der Waals surface area (Å²) in [6, 6.07) is -0.734. The molecule has 0 rings (SSSR count). The Labute approximate surface area is 393 Å². The molecule has 0 radical (unpaired) electrons. The number of carbonyl (C=O) groups excluding carboxylic acids is 3. The molecule has 0 aliphatic heterocycles. The molecular formula is C56H97NO7. The third kappa shape index (κ3) is 44.0. The van der Waals surface area contributed by atoms with Crippen LogP contribution in [0, 0.1) is 0 Å². The van der Waals surface area contributed by atoms with Crippen molar-refractivity contribution >= 4 is 17.9 Å². The van der Waals surface area contributed by atoms with Crippen molar-refractivity contribution in [3.8, 4) is 0 Å².